The van der Waals surface area contributed by atoms with Crippen molar-refractivity contribution in [3.8, 4) is 18.1 Å². The summed E-state index contributed by atoms with van der Waals surface area (Å²) in [5, 5.41) is 0. The van der Waals surface area contributed by atoms with Crippen LogP contribution in [0.25, 0.3) is 0 Å². The molecule has 0 saturated carbocycles. The van der Waals surface area contributed by atoms with E-state index < -0.39 is 0 Å². The first kappa shape index (κ1) is 9.67. The Bertz CT molecular complexity index is 307. The van der Waals surface area contributed by atoms with Gasteiger partial charge in [0.25, 0.3) is 0 Å². The fourth-order valence-corrected chi connectivity index (χ4v) is 0.968. The smallest absolute Gasteiger partial charge is 0.134 e. The van der Waals surface area contributed by atoms with Gasteiger partial charge in [-0.3, -0.25) is 0 Å². The molecule has 0 heterocycles. The molecule has 1 rings (SSSR count). The molecule has 1 aromatic rings. The molecule has 0 aliphatic carbocycles. The second kappa shape index (κ2) is 4.57. The Labute approximate surface area is 79.7 Å². The number of para-hydroxylation sites is 1. The van der Waals surface area contributed by atoms with Crippen LogP contribution in [-0.4, -0.2) is 6.61 Å². The first-order chi connectivity index (χ1) is 6.24. The molecule has 0 saturated heterocycles. The van der Waals surface area contributed by atoms with Gasteiger partial charge in [0, 0.05) is 0 Å². The third-order valence-electron chi connectivity index (χ3n) is 1.61. The van der Waals surface area contributed by atoms with Gasteiger partial charge >= 0.3 is 0 Å². The predicted octanol–water partition coefficient (Wildman–Crippen LogP) is 2.70. The molecule has 0 aliphatic rings. The van der Waals surface area contributed by atoms with E-state index in [0.717, 1.165) is 11.3 Å². The van der Waals surface area contributed by atoms with E-state index in [2.05, 4.69) is 19.8 Å². The second-order valence-corrected chi connectivity index (χ2v) is 3.35. The first-order valence-corrected chi connectivity index (χ1v) is 4.42. The number of rotatable bonds is 3. The van der Waals surface area contributed by atoms with Crippen LogP contribution in [0.4, 0.5) is 0 Å². The van der Waals surface area contributed by atoms with E-state index >= 15 is 0 Å². The highest BCUT2D eigenvalue weighted by molar-refractivity contribution is 5.44. The van der Waals surface area contributed by atoms with Gasteiger partial charge < -0.3 is 4.74 Å². The van der Waals surface area contributed by atoms with Crippen molar-refractivity contribution in [3.05, 3.63) is 29.8 Å². The summed E-state index contributed by atoms with van der Waals surface area (Å²) in [6, 6.07) is 7.63. The molecule has 0 aromatic heterocycles. The third kappa shape index (κ3) is 2.83. The lowest BCUT2D eigenvalue weighted by Gasteiger charge is -2.09. The summed E-state index contributed by atoms with van der Waals surface area (Å²) in [5.74, 6) is 3.92. The van der Waals surface area contributed by atoms with Gasteiger partial charge in [-0.15, -0.1) is 6.42 Å². The molecule has 0 radical (unpaired) electrons. The second-order valence-electron chi connectivity index (χ2n) is 3.35. The van der Waals surface area contributed by atoms with Crippen molar-refractivity contribution in [1.82, 2.24) is 0 Å². The van der Waals surface area contributed by atoms with Crippen LogP contribution in [0.1, 0.15) is 19.4 Å². The Balaban J connectivity index is 2.71. The summed E-state index contributed by atoms with van der Waals surface area (Å²) in [4.78, 5) is 0. The van der Waals surface area contributed by atoms with Gasteiger partial charge in [-0.05, 0) is 18.1 Å². The summed E-state index contributed by atoms with van der Waals surface area (Å²) in [6.07, 6.45) is 5.33. The van der Waals surface area contributed by atoms with Gasteiger partial charge in [-0.1, -0.05) is 31.9 Å². The molecule has 0 aliphatic heterocycles. The average Bonchev–Trinajstić information content (AvgIpc) is 2.15. The fourth-order valence-electron chi connectivity index (χ4n) is 0.968. The van der Waals surface area contributed by atoms with Crippen molar-refractivity contribution in [3.63, 3.8) is 0 Å². The van der Waals surface area contributed by atoms with Crippen molar-refractivity contribution in [2.24, 2.45) is 5.92 Å². The Morgan fingerprint density at radius 1 is 1.38 bits per heavy atom. The standard InChI is InChI=1S/C12H14O/c1-4-11-7-5-6-8-12(11)13-9-10(2)3/h1,5-8,10H,9H2,2-3H3. The lowest BCUT2D eigenvalue weighted by Crippen LogP contribution is -2.05. The monoisotopic (exact) mass is 174 g/mol. The summed E-state index contributed by atoms with van der Waals surface area (Å²) in [5.41, 5.74) is 0.822. The van der Waals surface area contributed by atoms with Crippen molar-refractivity contribution >= 4 is 0 Å². The van der Waals surface area contributed by atoms with Gasteiger partial charge in [0.15, 0.2) is 0 Å². The Kier molecular flexibility index (Phi) is 3.40. The van der Waals surface area contributed by atoms with Gasteiger partial charge in [0.05, 0.1) is 12.2 Å². The molecule has 0 N–H and O–H groups in total. The number of terminal acetylenes is 1. The molecule has 0 amide bonds. The van der Waals surface area contributed by atoms with E-state index in [1.807, 2.05) is 24.3 Å². The number of hydrogen-bond donors (Lipinski definition) is 0. The van der Waals surface area contributed by atoms with E-state index in [1.54, 1.807) is 0 Å². The molecular weight excluding hydrogens is 160 g/mol. The normalized spacial score (nSPS) is 9.69. The highest BCUT2D eigenvalue weighted by Gasteiger charge is 2.00. The fraction of sp³-hybridized carbons (Fsp3) is 0.333. The van der Waals surface area contributed by atoms with E-state index in [9.17, 15) is 0 Å². The van der Waals surface area contributed by atoms with E-state index in [4.69, 9.17) is 11.2 Å². The molecule has 1 aromatic carbocycles. The van der Waals surface area contributed by atoms with Gasteiger partial charge in [-0.2, -0.15) is 0 Å². The topological polar surface area (TPSA) is 9.23 Å². The maximum absolute atomic E-state index is 5.55. The molecule has 1 heteroatoms. The largest absolute Gasteiger partial charge is 0.492 e. The van der Waals surface area contributed by atoms with E-state index in [-0.39, 0.29) is 0 Å². The highest BCUT2D eigenvalue weighted by Crippen LogP contribution is 2.16. The molecule has 13 heavy (non-hydrogen) atoms. The quantitative estimate of drug-likeness (QED) is 0.640. The zero-order valence-corrected chi connectivity index (χ0v) is 8.08. The zero-order valence-electron chi connectivity index (χ0n) is 8.08. The molecular formula is C12H14O. The van der Waals surface area contributed by atoms with Crippen LogP contribution in [0, 0.1) is 18.3 Å². The lowest BCUT2D eigenvalue weighted by atomic mass is 10.2. The van der Waals surface area contributed by atoms with Crippen LogP contribution in [0.2, 0.25) is 0 Å². The molecule has 0 unspecified atom stereocenters. The van der Waals surface area contributed by atoms with Crippen LogP contribution in [0.15, 0.2) is 24.3 Å². The van der Waals surface area contributed by atoms with Crippen LogP contribution in [0.3, 0.4) is 0 Å². The molecule has 0 atom stereocenters. The predicted molar refractivity (Wildman–Crippen MR) is 54.7 cm³/mol. The Morgan fingerprint density at radius 2 is 2.08 bits per heavy atom. The zero-order chi connectivity index (χ0) is 9.68. The van der Waals surface area contributed by atoms with Crippen LogP contribution < -0.4 is 4.74 Å². The summed E-state index contributed by atoms with van der Waals surface area (Å²) in [7, 11) is 0. The van der Waals surface area contributed by atoms with Crippen LogP contribution in [-0.2, 0) is 0 Å². The maximum Gasteiger partial charge on any atom is 0.134 e. The highest BCUT2D eigenvalue weighted by atomic mass is 16.5. The van der Waals surface area contributed by atoms with Crippen LogP contribution in [0.5, 0.6) is 5.75 Å². The third-order valence-corrected chi connectivity index (χ3v) is 1.61. The minimum absolute atomic E-state index is 0.519. The summed E-state index contributed by atoms with van der Waals surface area (Å²) >= 11 is 0. The van der Waals surface area contributed by atoms with Gasteiger partial charge in [0.2, 0.25) is 0 Å². The maximum atomic E-state index is 5.55. The summed E-state index contributed by atoms with van der Waals surface area (Å²) < 4.78 is 5.55. The van der Waals surface area contributed by atoms with Gasteiger partial charge in [0.1, 0.15) is 5.75 Å². The number of hydrogen-bond acceptors (Lipinski definition) is 1. The van der Waals surface area contributed by atoms with Crippen molar-refractivity contribution in [2.75, 3.05) is 6.61 Å². The minimum Gasteiger partial charge on any atom is -0.492 e. The Hall–Kier alpha value is -1.42. The molecule has 1 nitrogen and oxygen atoms in total. The minimum atomic E-state index is 0.519. The molecule has 68 valence electrons. The SMILES string of the molecule is C#Cc1ccccc1OCC(C)C. The number of benzene rings is 1. The van der Waals surface area contributed by atoms with Crippen molar-refractivity contribution < 1.29 is 4.74 Å². The van der Waals surface area contributed by atoms with E-state index in [0.29, 0.717) is 12.5 Å². The number of ether oxygens (including phenoxy) is 1. The van der Waals surface area contributed by atoms with E-state index in [1.165, 1.54) is 0 Å². The van der Waals surface area contributed by atoms with Crippen LogP contribution >= 0.6 is 0 Å². The lowest BCUT2D eigenvalue weighted by molar-refractivity contribution is 0.270. The van der Waals surface area contributed by atoms with Crippen molar-refractivity contribution in [1.29, 1.82) is 0 Å². The first-order valence-electron chi connectivity index (χ1n) is 4.42. The summed E-state index contributed by atoms with van der Waals surface area (Å²) in [6.45, 7) is 4.93. The molecule has 0 bridgehead atoms. The van der Waals surface area contributed by atoms with Crippen molar-refractivity contribution in [2.45, 2.75) is 13.8 Å². The van der Waals surface area contributed by atoms with Gasteiger partial charge in [-0.25, -0.2) is 0 Å². The molecule has 0 spiro atoms. The molecule has 0 fully saturated rings. The average molecular weight is 174 g/mol. The Morgan fingerprint density at radius 3 is 2.69 bits per heavy atom.